The molecule has 1 aliphatic carbocycles. The van der Waals surface area contributed by atoms with E-state index < -0.39 is 0 Å². The lowest BCUT2D eigenvalue weighted by atomic mass is 9.89. The molecule has 0 saturated heterocycles. The molecule has 3 rings (SSSR count). The Labute approximate surface area is 112 Å². The van der Waals surface area contributed by atoms with E-state index in [0.29, 0.717) is 11.5 Å². The average molecular weight is 260 g/mol. The minimum Gasteiger partial charge on any atom is -0.408 e. The van der Waals surface area contributed by atoms with Crippen molar-refractivity contribution >= 4 is 16.8 Å². The van der Waals surface area contributed by atoms with Gasteiger partial charge in [0.05, 0.1) is 5.69 Å². The standard InChI is InChI=1S/C15H20N2O2/c1-16-12-8-5-9-13-14(12)17(15(18)19-13)10-11-6-3-2-4-7-11/h5,8-9,11,16H,2-4,6-7,10H2,1H3. The smallest absolute Gasteiger partial charge is 0.408 e. The third-order valence-electron chi connectivity index (χ3n) is 4.12. The molecular weight excluding hydrogens is 240 g/mol. The number of nitrogens with zero attached hydrogens (tertiary/aromatic N) is 1. The van der Waals surface area contributed by atoms with Crippen molar-refractivity contribution in [2.75, 3.05) is 12.4 Å². The van der Waals surface area contributed by atoms with Crippen LogP contribution in [-0.2, 0) is 6.54 Å². The number of hydrogen-bond acceptors (Lipinski definition) is 3. The molecule has 4 heteroatoms. The molecule has 1 saturated carbocycles. The number of para-hydroxylation sites is 1. The number of rotatable bonds is 3. The van der Waals surface area contributed by atoms with Crippen molar-refractivity contribution in [3.63, 3.8) is 0 Å². The third kappa shape index (κ3) is 2.27. The Balaban J connectivity index is 2.01. The second-order valence-electron chi connectivity index (χ2n) is 5.38. The molecule has 0 radical (unpaired) electrons. The van der Waals surface area contributed by atoms with Crippen LogP contribution in [0, 0.1) is 5.92 Å². The van der Waals surface area contributed by atoms with Crippen LogP contribution < -0.4 is 11.1 Å². The first kappa shape index (κ1) is 12.3. The van der Waals surface area contributed by atoms with E-state index in [1.165, 1.54) is 32.1 Å². The summed E-state index contributed by atoms with van der Waals surface area (Å²) >= 11 is 0. The highest BCUT2D eigenvalue weighted by Crippen LogP contribution is 2.28. The highest BCUT2D eigenvalue weighted by molar-refractivity contribution is 5.86. The van der Waals surface area contributed by atoms with Gasteiger partial charge in [-0.3, -0.25) is 4.57 Å². The molecule has 1 fully saturated rings. The van der Waals surface area contributed by atoms with E-state index in [0.717, 1.165) is 17.7 Å². The van der Waals surface area contributed by atoms with Gasteiger partial charge in [0, 0.05) is 13.6 Å². The Bertz CT molecular complexity index is 621. The van der Waals surface area contributed by atoms with Crippen LogP contribution in [0.5, 0.6) is 0 Å². The van der Waals surface area contributed by atoms with Crippen LogP contribution in [-0.4, -0.2) is 11.6 Å². The van der Waals surface area contributed by atoms with Crippen LogP contribution >= 0.6 is 0 Å². The van der Waals surface area contributed by atoms with E-state index in [-0.39, 0.29) is 5.76 Å². The molecule has 102 valence electrons. The van der Waals surface area contributed by atoms with Gasteiger partial charge in [0.25, 0.3) is 0 Å². The fourth-order valence-electron chi connectivity index (χ4n) is 3.12. The van der Waals surface area contributed by atoms with Crippen molar-refractivity contribution in [2.24, 2.45) is 5.92 Å². The summed E-state index contributed by atoms with van der Waals surface area (Å²) in [6.07, 6.45) is 6.35. The molecule has 0 aliphatic heterocycles. The highest BCUT2D eigenvalue weighted by Gasteiger charge is 2.19. The molecule has 0 spiro atoms. The quantitative estimate of drug-likeness (QED) is 0.921. The van der Waals surface area contributed by atoms with Crippen LogP contribution in [0.4, 0.5) is 5.69 Å². The summed E-state index contributed by atoms with van der Waals surface area (Å²) in [6, 6.07) is 5.74. The fraction of sp³-hybridized carbons (Fsp3) is 0.533. The molecule has 19 heavy (non-hydrogen) atoms. The SMILES string of the molecule is CNc1cccc2oc(=O)n(CC3CCCCC3)c12. The van der Waals surface area contributed by atoms with Crippen LogP contribution in [0.3, 0.4) is 0 Å². The minimum absolute atomic E-state index is 0.233. The largest absolute Gasteiger partial charge is 0.420 e. The van der Waals surface area contributed by atoms with Crippen LogP contribution in [0.25, 0.3) is 11.1 Å². The lowest BCUT2D eigenvalue weighted by Gasteiger charge is -2.21. The molecule has 0 amide bonds. The zero-order valence-corrected chi connectivity index (χ0v) is 11.3. The van der Waals surface area contributed by atoms with Gasteiger partial charge < -0.3 is 9.73 Å². The van der Waals surface area contributed by atoms with Gasteiger partial charge in [-0.1, -0.05) is 25.3 Å². The predicted molar refractivity (Wildman–Crippen MR) is 76.6 cm³/mol. The molecule has 0 bridgehead atoms. The molecule has 0 atom stereocenters. The maximum Gasteiger partial charge on any atom is 0.420 e. The lowest BCUT2D eigenvalue weighted by molar-refractivity contribution is 0.312. The van der Waals surface area contributed by atoms with Gasteiger partial charge in [-0.15, -0.1) is 0 Å². The lowest BCUT2D eigenvalue weighted by Crippen LogP contribution is -2.21. The summed E-state index contributed by atoms with van der Waals surface area (Å²) in [7, 11) is 1.87. The van der Waals surface area contributed by atoms with E-state index in [1.807, 2.05) is 25.2 Å². The van der Waals surface area contributed by atoms with Gasteiger partial charge in [-0.05, 0) is 30.9 Å². The zero-order valence-electron chi connectivity index (χ0n) is 11.3. The Morgan fingerprint density at radius 2 is 2.11 bits per heavy atom. The van der Waals surface area contributed by atoms with E-state index in [4.69, 9.17) is 4.42 Å². The molecule has 0 unspecified atom stereocenters. The third-order valence-corrected chi connectivity index (χ3v) is 4.12. The Morgan fingerprint density at radius 1 is 1.32 bits per heavy atom. The number of anilines is 1. The Kier molecular flexibility index (Phi) is 3.32. The topological polar surface area (TPSA) is 47.2 Å². The number of aromatic nitrogens is 1. The fourth-order valence-corrected chi connectivity index (χ4v) is 3.12. The summed E-state index contributed by atoms with van der Waals surface area (Å²) in [5.74, 6) is 0.375. The molecule has 1 heterocycles. The van der Waals surface area contributed by atoms with Gasteiger partial charge in [0.2, 0.25) is 0 Å². The Hall–Kier alpha value is -1.71. The number of fused-ring (bicyclic) bond motifs is 1. The monoisotopic (exact) mass is 260 g/mol. The summed E-state index contributed by atoms with van der Waals surface area (Å²) in [6.45, 7) is 0.782. The van der Waals surface area contributed by atoms with Gasteiger partial charge >= 0.3 is 5.76 Å². The predicted octanol–water partition coefficient (Wildman–Crippen LogP) is 3.22. The first-order valence-corrected chi connectivity index (χ1v) is 7.09. The Morgan fingerprint density at radius 3 is 2.84 bits per heavy atom. The summed E-state index contributed by atoms with van der Waals surface area (Å²) < 4.78 is 7.15. The summed E-state index contributed by atoms with van der Waals surface area (Å²) in [5.41, 5.74) is 2.53. The first-order valence-electron chi connectivity index (χ1n) is 7.09. The van der Waals surface area contributed by atoms with E-state index in [2.05, 4.69) is 5.32 Å². The zero-order chi connectivity index (χ0) is 13.2. The van der Waals surface area contributed by atoms with Crippen molar-refractivity contribution in [3.8, 4) is 0 Å². The van der Waals surface area contributed by atoms with Crippen molar-refractivity contribution in [1.29, 1.82) is 0 Å². The molecule has 1 aromatic carbocycles. The number of hydrogen-bond donors (Lipinski definition) is 1. The van der Waals surface area contributed by atoms with E-state index in [9.17, 15) is 4.79 Å². The normalized spacial score (nSPS) is 16.9. The van der Waals surface area contributed by atoms with E-state index in [1.54, 1.807) is 4.57 Å². The summed E-state index contributed by atoms with van der Waals surface area (Å²) in [4.78, 5) is 12.0. The number of benzene rings is 1. The van der Waals surface area contributed by atoms with Crippen molar-refractivity contribution in [1.82, 2.24) is 4.57 Å². The van der Waals surface area contributed by atoms with Crippen molar-refractivity contribution in [3.05, 3.63) is 28.7 Å². The maximum absolute atomic E-state index is 12.0. The molecule has 2 aromatic rings. The molecule has 4 nitrogen and oxygen atoms in total. The highest BCUT2D eigenvalue weighted by atomic mass is 16.4. The van der Waals surface area contributed by atoms with Crippen molar-refractivity contribution < 1.29 is 4.42 Å². The molecular formula is C15H20N2O2. The van der Waals surface area contributed by atoms with Crippen LogP contribution in [0.15, 0.2) is 27.4 Å². The van der Waals surface area contributed by atoms with Gasteiger partial charge in [0.1, 0.15) is 5.52 Å². The molecule has 1 aromatic heterocycles. The first-order chi connectivity index (χ1) is 9.29. The van der Waals surface area contributed by atoms with Gasteiger partial charge in [-0.25, -0.2) is 4.79 Å². The van der Waals surface area contributed by atoms with E-state index >= 15 is 0 Å². The maximum atomic E-state index is 12.0. The van der Waals surface area contributed by atoms with Crippen molar-refractivity contribution in [2.45, 2.75) is 38.6 Å². The second kappa shape index (κ2) is 5.11. The molecule has 1 N–H and O–H groups in total. The van der Waals surface area contributed by atoms with Crippen LogP contribution in [0.1, 0.15) is 32.1 Å². The van der Waals surface area contributed by atoms with Gasteiger partial charge in [0.15, 0.2) is 5.58 Å². The molecule has 1 aliphatic rings. The number of nitrogens with one attached hydrogen (secondary N) is 1. The average Bonchev–Trinajstić information content (AvgIpc) is 2.76. The minimum atomic E-state index is -0.233. The van der Waals surface area contributed by atoms with Crippen LogP contribution in [0.2, 0.25) is 0 Å². The summed E-state index contributed by atoms with van der Waals surface area (Å²) in [5, 5.41) is 3.14. The second-order valence-corrected chi connectivity index (χ2v) is 5.38. The number of oxazole rings is 1. The van der Waals surface area contributed by atoms with Gasteiger partial charge in [-0.2, -0.15) is 0 Å².